The molecule has 0 bridgehead atoms. The smallest absolute Gasteiger partial charge is 0.321 e. The van der Waals surface area contributed by atoms with Gasteiger partial charge in [0.15, 0.2) is 0 Å². The van der Waals surface area contributed by atoms with Crippen molar-refractivity contribution in [3.63, 3.8) is 0 Å². The minimum absolute atomic E-state index is 0.00272. The first-order valence-electron chi connectivity index (χ1n) is 8.83. The average Bonchev–Trinajstić information content (AvgIpc) is 3.15. The average molecular weight is 457 g/mol. The molecule has 0 saturated carbocycles. The monoisotopic (exact) mass is 456 g/mol. The van der Waals surface area contributed by atoms with Crippen molar-refractivity contribution in [1.29, 1.82) is 0 Å². The molecule has 0 radical (unpaired) electrons. The van der Waals surface area contributed by atoms with E-state index in [1.54, 1.807) is 12.1 Å². The molecule has 1 fully saturated rings. The molecular formula is C18H21ClN4O4S2. The van der Waals surface area contributed by atoms with Crippen LogP contribution >= 0.6 is 22.9 Å². The van der Waals surface area contributed by atoms with Crippen molar-refractivity contribution >= 4 is 50.6 Å². The summed E-state index contributed by atoms with van der Waals surface area (Å²) in [6.45, 7) is 2.04. The molecular weight excluding hydrogens is 436 g/mol. The Morgan fingerprint density at radius 1 is 1.14 bits per heavy atom. The third-order valence-electron chi connectivity index (χ3n) is 4.58. The third kappa shape index (κ3) is 4.72. The highest BCUT2D eigenvalue weighted by atomic mass is 35.5. The molecule has 2 heterocycles. The molecule has 2 aromatic rings. The first kappa shape index (κ1) is 21.6. The second-order valence-electron chi connectivity index (χ2n) is 6.55. The van der Waals surface area contributed by atoms with E-state index in [0.29, 0.717) is 10.0 Å². The Kier molecular flexibility index (Phi) is 6.47. The lowest BCUT2D eigenvalue weighted by molar-refractivity contribution is -0.125. The molecule has 29 heavy (non-hydrogen) atoms. The van der Waals surface area contributed by atoms with E-state index in [1.807, 2.05) is 19.1 Å². The number of likely N-dealkylation sites (N-methyl/N-ethyl adjacent to an activating group) is 1. The minimum atomic E-state index is -3.91. The lowest BCUT2D eigenvalue weighted by Gasteiger charge is -2.39. The van der Waals surface area contributed by atoms with Gasteiger partial charge in [0.05, 0.1) is 4.34 Å². The number of hydrogen-bond acceptors (Lipinski definition) is 5. The zero-order valence-corrected chi connectivity index (χ0v) is 18.3. The van der Waals surface area contributed by atoms with E-state index in [4.69, 9.17) is 11.6 Å². The summed E-state index contributed by atoms with van der Waals surface area (Å²) in [6, 6.07) is 8.80. The molecule has 1 aliphatic heterocycles. The van der Waals surface area contributed by atoms with E-state index in [9.17, 15) is 18.0 Å². The largest absolute Gasteiger partial charge is 0.358 e. The fourth-order valence-electron chi connectivity index (χ4n) is 3.01. The maximum atomic E-state index is 13.0. The van der Waals surface area contributed by atoms with Crippen LogP contribution in [0.25, 0.3) is 0 Å². The van der Waals surface area contributed by atoms with Gasteiger partial charge < -0.3 is 15.5 Å². The minimum Gasteiger partial charge on any atom is -0.358 e. The summed E-state index contributed by atoms with van der Waals surface area (Å²) in [5, 5.41) is 5.26. The van der Waals surface area contributed by atoms with Gasteiger partial charge in [-0.2, -0.15) is 4.31 Å². The van der Waals surface area contributed by atoms with Gasteiger partial charge in [0.2, 0.25) is 5.91 Å². The predicted octanol–water partition coefficient (Wildman–Crippen LogP) is 2.36. The fourth-order valence-corrected chi connectivity index (χ4v) is 6.19. The first-order valence-corrected chi connectivity index (χ1v) is 11.5. The zero-order chi connectivity index (χ0) is 21.2. The van der Waals surface area contributed by atoms with Crippen LogP contribution in [0, 0.1) is 6.92 Å². The Bertz CT molecular complexity index is 1010. The molecule has 2 N–H and O–H groups in total. The van der Waals surface area contributed by atoms with Gasteiger partial charge in [-0.1, -0.05) is 29.3 Å². The number of hydrogen-bond donors (Lipinski definition) is 2. The Balaban J connectivity index is 1.79. The highest BCUT2D eigenvalue weighted by Gasteiger charge is 2.41. The Morgan fingerprint density at radius 3 is 2.41 bits per heavy atom. The number of carbonyl (C=O) groups excluding carboxylic acids is 2. The van der Waals surface area contributed by atoms with Gasteiger partial charge in [-0.05, 0) is 31.2 Å². The lowest BCUT2D eigenvalue weighted by Crippen LogP contribution is -2.61. The number of urea groups is 1. The van der Waals surface area contributed by atoms with Crippen LogP contribution in [0.4, 0.5) is 10.5 Å². The van der Waals surface area contributed by atoms with Crippen LogP contribution in [0.1, 0.15) is 5.56 Å². The molecule has 1 aromatic carbocycles. The van der Waals surface area contributed by atoms with Gasteiger partial charge in [-0.3, -0.25) is 4.79 Å². The van der Waals surface area contributed by atoms with Crippen molar-refractivity contribution < 1.29 is 18.0 Å². The number of benzene rings is 1. The van der Waals surface area contributed by atoms with Crippen molar-refractivity contribution in [2.75, 3.05) is 32.0 Å². The lowest BCUT2D eigenvalue weighted by atomic mass is 10.2. The molecule has 0 aliphatic carbocycles. The first-order chi connectivity index (χ1) is 13.7. The number of piperazine rings is 1. The van der Waals surface area contributed by atoms with Crippen LogP contribution in [0.15, 0.2) is 40.6 Å². The number of sulfonamides is 1. The van der Waals surface area contributed by atoms with E-state index in [1.165, 1.54) is 24.1 Å². The van der Waals surface area contributed by atoms with Crippen molar-refractivity contribution in [3.05, 3.63) is 46.3 Å². The van der Waals surface area contributed by atoms with Crippen LogP contribution in [-0.4, -0.2) is 62.3 Å². The number of nitrogens with one attached hydrogen (secondary N) is 2. The van der Waals surface area contributed by atoms with Crippen molar-refractivity contribution in [3.8, 4) is 0 Å². The molecule has 11 heteroatoms. The predicted molar refractivity (Wildman–Crippen MR) is 113 cm³/mol. The second kappa shape index (κ2) is 8.70. The summed E-state index contributed by atoms with van der Waals surface area (Å²) in [6.07, 6.45) is 0. The van der Waals surface area contributed by atoms with Crippen LogP contribution in [0.5, 0.6) is 0 Å². The van der Waals surface area contributed by atoms with Gasteiger partial charge >= 0.3 is 6.03 Å². The quantitative estimate of drug-likeness (QED) is 0.737. The second-order valence-corrected chi connectivity index (χ2v) is 10.4. The number of halogens is 1. The zero-order valence-electron chi connectivity index (χ0n) is 15.9. The van der Waals surface area contributed by atoms with E-state index in [0.717, 1.165) is 21.2 Å². The SMILES string of the molecule is CNC(=O)C1CN(C(=O)Nc2ccc(C)cc2)CCN1S(=O)(=O)c1ccc(Cl)s1. The van der Waals surface area contributed by atoms with E-state index >= 15 is 0 Å². The summed E-state index contributed by atoms with van der Waals surface area (Å²) < 4.78 is 27.6. The van der Waals surface area contributed by atoms with Crippen LogP contribution in [-0.2, 0) is 14.8 Å². The normalized spacial score (nSPS) is 17.8. The molecule has 1 aromatic heterocycles. The van der Waals surface area contributed by atoms with Crippen LogP contribution in [0.2, 0.25) is 4.34 Å². The highest BCUT2D eigenvalue weighted by molar-refractivity contribution is 7.91. The Labute approximate surface area is 178 Å². The Morgan fingerprint density at radius 2 is 1.83 bits per heavy atom. The molecule has 1 saturated heterocycles. The summed E-state index contributed by atoms with van der Waals surface area (Å²) >= 11 is 6.81. The molecule has 1 atom stereocenters. The maximum Gasteiger partial charge on any atom is 0.321 e. The number of rotatable bonds is 4. The number of amides is 3. The molecule has 8 nitrogen and oxygen atoms in total. The summed E-state index contributed by atoms with van der Waals surface area (Å²) in [7, 11) is -2.48. The van der Waals surface area contributed by atoms with Crippen LogP contribution < -0.4 is 10.6 Å². The van der Waals surface area contributed by atoms with Gasteiger partial charge in [0, 0.05) is 32.4 Å². The summed E-state index contributed by atoms with van der Waals surface area (Å²) in [5.74, 6) is -0.482. The van der Waals surface area contributed by atoms with E-state index in [2.05, 4.69) is 10.6 Å². The molecule has 3 amide bonds. The van der Waals surface area contributed by atoms with Crippen LogP contribution in [0.3, 0.4) is 0 Å². The fraction of sp³-hybridized carbons (Fsp3) is 0.333. The number of thiophene rings is 1. The maximum absolute atomic E-state index is 13.0. The summed E-state index contributed by atoms with van der Waals surface area (Å²) in [4.78, 5) is 26.5. The number of carbonyl (C=O) groups is 2. The molecule has 156 valence electrons. The van der Waals surface area contributed by atoms with E-state index < -0.39 is 22.0 Å². The van der Waals surface area contributed by atoms with E-state index in [-0.39, 0.29) is 29.9 Å². The summed E-state index contributed by atoms with van der Waals surface area (Å²) in [5.41, 5.74) is 1.69. The number of anilines is 1. The van der Waals surface area contributed by atoms with Gasteiger partial charge in [-0.25, -0.2) is 13.2 Å². The third-order valence-corrected chi connectivity index (χ3v) is 8.19. The molecule has 3 rings (SSSR count). The van der Waals surface area contributed by atoms with Crippen molar-refractivity contribution in [1.82, 2.24) is 14.5 Å². The van der Waals surface area contributed by atoms with Gasteiger partial charge in [-0.15, -0.1) is 11.3 Å². The van der Waals surface area contributed by atoms with Crippen molar-refractivity contribution in [2.45, 2.75) is 17.2 Å². The molecule has 1 aliphatic rings. The Hall–Kier alpha value is -2.14. The molecule has 0 spiro atoms. The van der Waals surface area contributed by atoms with Gasteiger partial charge in [0.25, 0.3) is 10.0 Å². The number of aryl methyl sites for hydroxylation is 1. The highest BCUT2D eigenvalue weighted by Crippen LogP contribution is 2.30. The molecule has 1 unspecified atom stereocenters. The topological polar surface area (TPSA) is 98.8 Å². The standard InChI is InChI=1S/C18H21ClN4O4S2/c1-12-3-5-13(6-4-12)21-18(25)22-9-10-23(14(11-22)17(24)20-2)29(26,27)16-8-7-15(19)28-16/h3-8,14H,9-11H2,1-2H3,(H,20,24)(H,21,25). The van der Waals surface area contributed by atoms with Crippen molar-refractivity contribution in [2.24, 2.45) is 0 Å². The number of nitrogens with zero attached hydrogens (tertiary/aromatic N) is 2. The van der Waals surface area contributed by atoms with Gasteiger partial charge in [0.1, 0.15) is 10.3 Å².